The van der Waals surface area contributed by atoms with E-state index >= 15 is 0 Å². The van der Waals surface area contributed by atoms with Crippen LogP contribution in [0.25, 0.3) is 0 Å². The van der Waals surface area contributed by atoms with E-state index in [4.69, 9.17) is 24.1 Å². The summed E-state index contributed by atoms with van der Waals surface area (Å²) in [5.74, 6) is 0.839. The summed E-state index contributed by atoms with van der Waals surface area (Å²) in [6, 6.07) is 0. The van der Waals surface area contributed by atoms with E-state index in [1.165, 1.54) is 57.6 Å². The minimum Gasteiger partial charge on any atom is -0.314 e. The molecule has 0 aliphatic heterocycles. The summed E-state index contributed by atoms with van der Waals surface area (Å²) in [5.41, 5.74) is 0. The van der Waals surface area contributed by atoms with Gasteiger partial charge < -0.3 is 19.6 Å². The normalized spacial score (nSPS) is 11.7. The average molecular weight is 448 g/mol. The molecule has 0 fully saturated rings. The summed E-state index contributed by atoms with van der Waals surface area (Å²) in [6.07, 6.45) is 15.5. The lowest BCUT2D eigenvalue weighted by molar-refractivity contribution is -0.786. The number of phosphoric acid groups is 1. The molecule has 0 radical (unpaired) electrons. The van der Waals surface area contributed by atoms with Gasteiger partial charge in [0.25, 0.3) is 0 Å². The molecule has 11 nitrogen and oxygen atoms in total. The number of rotatable bonds is 19. The maximum atomic E-state index is 8.88. The third-order valence-corrected chi connectivity index (χ3v) is 3.40. The smallest absolute Gasteiger partial charge is 0.314 e. The van der Waals surface area contributed by atoms with E-state index in [2.05, 4.69) is 43.9 Å². The summed E-state index contributed by atoms with van der Waals surface area (Å²) in [5, 5.41) is 20.2. The van der Waals surface area contributed by atoms with Crippen molar-refractivity contribution >= 4 is 7.82 Å². The van der Waals surface area contributed by atoms with Crippen LogP contribution in [-0.2, 0) is 39.5 Å². The molecule has 0 aromatic heterocycles. The second-order valence-corrected chi connectivity index (χ2v) is 7.63. The Kier molecular flexibility index (Phi) is 25.0. The van der Waals surface area contributed by atoms with E-state index < -0.39 is 7.82 Å². The molecule has 0 saturated heterocycles. The van der Waals surface area contributed by atoms with E-state index in [1.54, 1.807) is 13.0 Å². The fraction of sp³-hybridized carbons (Fsp3) is 0.882. The first kappa shape index (κ1) is 30.6. The number of allylic oxidation sites excluding steroid dienone is 1. The molecule has 0 unspecified atom stereocenters. The van der Waals surface area contributed by atoms with Crippen LogP contribution in [0.15, 0.2) is 12.3 Å². The van der Waals surface area contributed by atoms with Crippen molar-refractivity contribution in [1.82, 2.24) is 0 Å². The van der Waals surface area contributed by atoms with E-state index in [9.17, 15) is 0 Å². The van der Waals surface area contributed by atoms with Crippen LogP contribution in [0, 0.1) is 5.92 Å². The fourth-order valence-electron chi connectivity index (χ4n) is 2.13. The van der Waals surface area contributed by atoms with Crippen LogP contribution in [0.4, 0.5) is 0 Å². The maximum absolute atomic E-state index is 8.88. The van der Waals surface area contributed by atoms with Crippen molar-refractivity contribution in [2.24, 2.45) is 5.92 Å². The molecular formula is C17H37O11P. The predicted molar refractivity (Wildman–Crippen MR) is 103 cm³/mol. The molecule has 29 heavy (non-hydrogen) atoms. The molecule has 12 heteroatoms. The highest BCUT2D eigenvalue weighted by molar-refractivity contribution is 7.45. The zero-order valence-corrected chi connectivity index (χ0v) is 18.5. The molecule has 0 amide bonds. The van der Waals surface area contributed by atoms with Crippen molar-refractivity contribution in [1.29, 1.82) is 0 Å². The van der Waals surface area contributed by atoms with Crippen LogP contribution in [0.1, 0.15) is 85.0 Å². The molecule has 0 aromatic carbocycles. The van der Waals surface area contributed by atoms with Gasteiger partial charge in [0.05, 0.1) is 6.61 Å². The lowest BCUT2D eigenvalue weighted by Gasteiger charge is -2.04. The molecule has 0 heterocycles. The van der Waals surface area contributed by atoms with Crippen LogP contribution < -0.4 is 0 Å². The minimum atomic E-state index is -4.64. The summed E-state index contributed by atoms with van der Waals surface area (Å²) in [4.78, 5) is 30.6. The zero-order chi connectivity index (χ0) is 22.2. The van der Waals surface area contributed by atoms with Crippen LogP contribution >= 0.6 is 7.82 Å². The van der Waals surface area contributed by atoms with Crippen LogP contribution in [0.3, 0.4) is 0 Å². The standard InChI is InChI=1S/C17H34O7.H3O4P/c1-4-15-18-20-22-24-23-21-19-16-13-11-9-7-5-6-8-10-12-14-17(2)3;1-5(2,3)4/h4,15,17H,5-14,16H2,1-3H3;(H3,1,2,3,4). The minimum absolute atomic E-state index is 0.425. The Morgan fingerprint density at radius 3 is 1.72 bits per heavy atom. The lowest BCUT2D eigenvalue weighted by Crippen LogP contribution is -2.01. The van der Waals surface area contributed by atoms with E-state index in [1.807, 2.05) is 0 Å². The second kappa shape index (κ2) is 23.7. The molecule has 0 saturated carbocycles. The van der Waals surface area contributed by atoms with Gasteiger partial charge in [-0.2, -0.15) is 0 Å². The maximum Gasteiger partial charge on any atom is 0.466 e. The van der Waals surface area contributed by atoms with Crippen LogP contribution in [0.5, 0.6) is 0 Å². The first-order chi connectivity index (χ1) is 13.8. The molecule has 0 aliphatic rings. The fourth-order valence-corrected chi connectivity index (χ4v) is 2.13. The molecule has 0 atom stereocenters. The third kappa shape index (κ3) is 42.5. The molecule has 0 aromatic rings. The average Bonchev–Trinajstić information content (AvgIpc) is 2.62. The highest BCUT2D eigenvalue weighted by atomic mass is 31.2. The molecule has 0 aliphatic carbocycles. The van der Waals surface area contributed by atoms with Gasteiger partial charge in [0.2, 0.25) is 0 Å². The summed E-state index contributed by atoms with van der Waals surface area (Å²) in [6.45, 7) is 6.75. The van der Waals surface area contributed by atoms with Gasteiger partial charge in [-0.3, -0.25) is 0 Å². The van der Waals surface area contributed by atoms with Gasteiger partial charge in [0.1, 0.15) is 6.26 Å². The number of hydrogen-bond acceptors (Lipinski definition) is 8. The van der Waals surface area contributed by atoms with Gasteiger partial charge in [0.15, 0.2) is 0 Å². The Bertz CT molecular complexity index is 379. The second-order valence-electron chi connectivity index (χ2n) is 6.61. The van der Waals surface area contributed by atoms with E-state index in [-0.39, 0.29) is 0 Å². The Hall–Kier alpha value is -0.590. The van der Waals surface area contributed by atoms with Crippen LogP contribution in [0.2, 0.25) is 0 Å². The van der Waals surface area contributed by atoms with Crippen molar-refractivity contribution in [3.05, 3.63) is 12.3 Å². The lowest BCUT2D eigenvalue weighted by atomic mass is 10.0. The predicted octanol–water partition coefficient (Wildman–Crippen LogP) is 4.75. The van der Waals surface area contributed by atoms with Gasteiger partial charge >= 0.3 is 7.82 Å². The van der Waals surface area contributed by atoms with Gasteiger partial charge in [-0.15, -0.1) is 0 Å². The topological polar surface area (TPSA) is 142 Å². The van der Waals surface area contributed by atoms with Crippen LogP contribution in [-0.4, -0.2) is 21.3 Å². The van der Waals surface area contributed by atoms with E-state index in [0.29, 0.717) is 6.61 Å². The third-order valence-electron chi connectivity index (χ3n) is 3.40. The van der Waals surface area contributed by atoms with E-state index in [0.717, 1.165) is 18.8 Å². The van der Waals surface area contributed by atoms with Crippen molar-refractivity contribution < 1.29 is 54.2 Å². The van der Waals surface area contributed by atoms with Crippen molar-refractivity contribution in [2.75, 3.05) is 6.61 Å². The highest BCUT2D eigenvalue weighted by Crippen LogP contribution is 2.25. The first-order valence-electron chi connectivity index (χ1n) is 9.78. The molecule has 176 valence electrons. The van der Waals surface area contributed by atoms with Gasteiger partial charge in [-0.05, 0) is 35.4 Å². The first-order valence-corrected chi connectivity index (χ1v) is 11.3. The molecular weight excluding hydrogens is 411 g/mol. The zero-order valence-electron chi connectivity index (χ0n) is 17.6. The SMILES string of the molecule is CC=COOOOOOOCCCCCCCCCCCC(C)C.O=P(O)(O)O. The highest BCUT2D eigenvalue weighted by Gasteiger charge is 2.00. The number of hydrogen-bond donors (Lipinski definition) is 3. The molecule has 0 spiro atoms. The van der Waals surface area contributed by atoms with Gasteiger partial charge in [-0.1, -0.05) is 71.6 Å². The Morgan fingerprint density at radius 1 is 0.759 bits per heavy atom. The summed E-state index contributed by atoms with van der Waals surface area (Å²) >= 11 is 0. The summed E-state index contributed by atoms with van der Waals surface area (Å²) in [7, 11) is -4.64. The molecule has 0 rings (SSSR count). The quantitative estimate of drug-likeness (QED) is 0.0827. The molecule has 0 bridgehead atoms. The Morgan fingerprint density at radius 2 is 1.21 bits per heavy atom. The van der Waals surface area contributed by atoms with Crippen molar-refractivity contribution in [3.8, 4) is 0 Å². The monoisotopic (exact) mass is 448 g/mol. The van der Waals surface area contributed by atoms with Gasteiger partial charge in [-0.25, -0.2) is 9.45 Å². The van der Waals surface area contributed by atoms with Crippen molar-refractivity contribution in [2.45, 2.75) is 85.0 Å². The number of unbranched alkanes of at least 4 members (excludes halogenated alkanes) is 8. The Balaban J connectivity index is 0. The summed E-state index contributed by atoms with van der Waals surface area (Å²) < 4.78 is 8.88. The van der Waals surface area contributed by atoms with Gasteiger partial charge in [0, 0.05) is 15.1 Å². The van der Waals surface area contributed by atoms with Crippen molar-refractivity contribution in [3.63, 3.8) is 0 Å². The Labute approximate surface area is 172 Å². The molecule has 3 N–H and O–H groups in total. The largest absolute Gasteiger partial charge is 0.466 e.